The third kappa shape index (κ3) is 3.20. The number of aromatic nitrogens is 3. The van der Waals surface area contributed by atoms with Gasteiger partial charge in [0.1, 0.15) is 5.82 Å². The molecule has 44 heavy (non-hydrogen) atoms. The number of nitrogens with zero attached hydrogens (tertiary/aromatic N) is 3. The van der Waals surface area contributed by atoms with Crippen molar-refractivity contribution in [1.29, 1.82) is 0 Å². The van der Waals surface area contributed by atoms with Gasteiger partial charge in [-0.1, -0.05) is 121 Å². The molecule has 7 aromatic carbocycles. The minimum Gasteiger partial charge on any atom is -0.291 e. The molecule has 0 aliphatic rings. The predicted octanol–water partition coefficient (Wildman–Crippen LogP) is 11.1. The first-order valence-electron chi connectivity index (χ1n) is 14.9. The van der Waals surface area contributed by atoms with E-state index in [2.05, 4.69) is 138 Å². The molecule has 0 amide bonds. The quantitative estimate of drug-likeness (QED) is 0.205. The Balaban J connectivity index is 1.53. The van der Waals surface area contributed by atoms with Gasteiger partial charge in [-0.15, -0.1) is 11.3 Å². The highest BCUT2D eigenvalue weighted by molar-refractivity contribution is 7.27. The van der Waals surface area contributed by atoms with Crippen LogP contribution in [-0.2, 0) is 0 Å². The van der Waals surface area contributed by atoms with Gasteiger partial charge in [-0.25, -0.2) is 9.97 Å². The van der Waals surface area contributed by atoms with E-state index < -0.39 is 0 Å². The summed E-state index contributed by atoms with van der Waals surface area (Å²) >= 11 is 1.88. The largest absolute Gasteiger partial charge is 0.291 e. The Bertz CT molecular complexity index is 2770. The molecule has 0 aliphatic heterocycles. The maximum atomic E-state index is 5.42. The normalized spacial score (nSPS) is 12.1. The van der Waals surface area contributed by atoms with E-state index in [9.17, 15) is 0 Å². The summed E-state index contributed by atoms with van der Waals surface area (Å²) < 4.78 is 5.02. The van der Waals surface area contributed by atoms with Crippen molar-refractivity contribution in [1.82, 2.24) is 14.5 Å². The van der Waals surface area contributed by atoms with Crippen LogP contribution in [0.25, 0.3) is 91.6 Å². The smallest absolute Gasteiger partial charge is 0.162 e. The highest BCUT2D eigenvalue weighted by Crippen LogP contribution is 2.49. The topological polar surface area (TPSA) is 30.7 Å². The molecule has 0 saturated heterocycles. The first-order chi connectivity index (χ1) is 21.8. The van der Waals surface area contributed by atoms with Crippen LogP contribution in [0.4, 0.5) is 0 Å². The molecular weight excluding hydrogens is 555 g/mol. The van der Waals surface area contributed by atoms with E-state index in [1.54, 1.807) is 0 Å². The third-order valence-electron chi connectivity index (χ3n) is 8.96. The van der Waals surface area contributed by atoms with Crippen LogP contribution in [0.5, 0.6) is 0 Å². The van der Waals surface area contributed by atoms with Gasteiger partial charge in [0.2, 0.25) is 0 Å². The summed E-state index contributed by atoms with van der Waals surface area (Å²) in [5, 5.41) is 11.1. The van der Waals surface area contributed by atoms with Crippen LogP contribution < -0.4 is 0 Å². The molecule has 10 aromatic rings. The van der Waals surface area contributed by atoms with Crippen LogP contribution in [0.2, 0.25) is 0 Å². The maximum Gasteiger partial charge on any atom is 0.162 e. The van der Waals surface area contributed by atoms with Crippen molar-refractivity contribution in [3.05, 3.63) is 140 Å². The summed E-state index contributed by atoms with van der Waals surface area (Å²) in [5.74, 6) is 1.63. The molecule has 4 heteroatoms. The Hall–Kier alpha value is -5.58. The van der Waals surface area contributed by atoms with E-state index >= 15 is 0 Å². The van der Waals surface area contributed by atoms with Crippen LogP contribution in [0.1, 0.15) is 0 Å². The van der Waals surface area contributed by atoms with E-state index in [4.69, 9.17) is 9.97 Å². The molecule has 0 spiro atoms. The highest BCUT2D eigenvalue weighted by atomic mass is 32.1. The minimum absolute atomic E-state index is 0.725. The van der Waals surface area contributed by atoms with Crippen molar-refractivity contribution in [2.24, 2.45) is 0 Å². The molecule has 0 aliphatic carbocycles. The Kier molecular flexibility index (Phi) is 4.87. The Morgan fingerprint density at radius 1 is 0.455 bits per heavy atom. The Labute approximate surface area is 256 Å². The van der Waals surface area contributed by atoms with Crippen molar-refractivity contribution in [3.8, 4) is 17.2 Å². The molecule has 0 unspecified atom stereocenters. The van der Waals surface area contributed by atoms with E-state index in [0.29, 0.717) is 0 Å². The highest BCUT2D eigenvalue weighted by Gasteiger charge is 2.25. The standard InChI is InChI=1S/C40H23N3S/c1-2-13-25(14-3-1)39-41-32-20-10-8-18-29(32)40(42-39)43-36-26-15-5-4-12-24(26)22-23-31(36)34-27-16-6-7-17-28(27)35-30-19-9-11-21-33(30)44-38(35)37(34)43/h1-23H. The minimum atomic E-state index is 0.725. The number of benzene rings is 7. The average Bonchev–Trinajstić information content (AvgIpc) is 3.65. The number of para-hydroxylation sites is 1. The molecule has 0 fully saturated rings. The van der Waals surface area contributed by atoms with Gasteiger partial charge in [-0.2, -0.15) is 0 Å². The predicted molar refractivity (Wildman–Crippen MR) is 187 cm³/mol. The molecule has 204 valence electrons. The second kappa shape index (κ2) is 8.96. The summed E-state index contributed by atoms with van der Waals surface area (Å²) in [5.41, 5.74) is 4.31. The van der Waals surface area contributed by atoms with Gasteiger partial charge in [-0.05, 0) is 34.4 Å². The lowest BCUT2D eigenvalue weighted by Crippen LogP contribution is -2.03. The van der Waals surface area contributed by atoms with Gasteiger partial charge in [0.05, 0.1) is 21.3 Å². The van der Waals surface area contributed by atoms with E-state index in [-0.39, 0.29) is 0 Å². The molecule has 0 bridgehead atoms. The first kappa shape index (κ1) is 23.9. The number of hydrogen-bond donors (Lipinski definition) is 0. The van der Waals surface area contributed by atoms with E-state index in [1.807, 2.05) is 17.4 Å². The lowest BCUT2D eigenvalue weighted by Gasteiger charge is -2.14. The fraction of sp³-hybridized carbons (Fsp3) is 0. The summed E-state index contributed by atoms with van der Waals surface area (Å²) in [7, 11) is 0. The second-order valence-corrected chi connectivity index (χ2v) is 12.4. The van der Waals surface area contributed by atoms with Gasteiger partial charge in [-0.3, -0.25) is 4.57 Å². The molecule has 0 radical (unpaired) electrons. The molecule has 0 saturated carbocycles. The van der Waals surface area contributed by atoms with Crippen molar-refractivity contribution >= 4 is 85.8 Å². The Morgan fingerprint density at radius 2 is 1.11 bits per heavy atom. The van der Waals surface area contributed by atoms with Crippen molar-refractivity contribution in [2.75, 3.05) is 0 Å². The number of rotatable bonds is 2. The zero-order chi connectivity index (χ0) is 28.8. The Morgan fingerprint density at radius 3 is 1.95 bits per heavy atom. The SMILES string of the molecule is c1ccc(-c2nc(-n3c4c5ccccc5ccc4c4c5ccccc5c5c6ccccc6sc5c43)c3ccccc3n2)cc1. The lowest BCUT2D eigenvalue weighted by atomic mass is 9.98. The number of fused-ring (bicyclic) bond motifs is 13. The fourth-order valence-corrected chi connectivity index (χ4v) is 8.35. The monoisotopic (exact) mass is 577 g/mol. The lowest BCUT2D eigenvalue weighted by molar-refractivity contribution is 1.08. The molecule has 10 rings (SSSR count). The van der Waals surface area contributed by atoms with Gasteiger partial charge in [0.15, 0.2) is 5.82 Å². The van der Waals surface area contributed by atoms with Crippen molar-refractivity contribution in [3.63, 3.8) is 0 Å². The molecule has 0 atom stereocenters. The van der Waals surface area contributed by atoms with Crippen LogP contribution in [0, 0.1) is 0 Å². The van der Waals surface area contributed by atoms with Crippen molar-refractivity contribution < 1.29 is 0 Å². The molecule has 0 N–H and O–H groups in total. The van der Waals surface area contributed by atoms with Gasteiger partial charge in [0.25, 0.3) is 0 Å². The number of thiophene rings is 1. The van der Waals surface area contributed by atoms with Crippen LogP contribution in [0.15, 0.2) is 140 Å². The van der Waals surface area contributed by atoms with Crippen molar-refractivity contribution in [2.45, 2.75) is 0 Å². The molecule has 3 nitrogen and oxygen atoms in total. The van der Waals surface area contributed by atoms with Crippen LogP contribution in [-0.4, -0.2) is 14.5 Å². The van der Waals surface area contributed by atoms with Crippen LogP contribution in [0.3, 0.4) is 0 Å². The molecular formula is C40H23N3S. The number of hydrogen-bond acceptors (Lipinski definition) is 3. The second-order valence-electron chi connectivity index (χ2n) is 11.3. The molecule has 3 heterocycles. The van der Waals surface area contributed by atoms with Gasteiger partial charge < -0.3 is 0 Å². The summed E-state index contributed by atoms with van der Waals surface area (Å²) in [6, 6.07) is 49.7. The summed E-state index contributed by atoms with van der Waals surface area (Å²) in [6.45, 7) is 0. The average molecular weight is 578 g/mol. The van der Waals surface area contributed by atoms with Gasteiger partial charge >= 0.3 is 0 Å². The summed E-state index contributed by atoms with van der Waals surface area (Å²) in [6.07, 6.45) is 0. The molecule has 3 aromatic heterocycles. The summed E-state index contributed by atoms with van der Waals surface area (Å²) in [4.78, 5) is 10.5. The van der Waals surface area contributed by atoms with E-state index in [0.717, 1.165) is 28.1 Å². The third-order valence-corrected chi connectivity index (χ3v) is 10.1. The zero-order valence-electron chi connectivity index (χ0n) is 23.5. The first-order valence-corrected chi connectivity index (χ1v) is 15.7. The zero-order valence-corrected chi connectivity index (χ0v) is 24.3. The van der Waals surface area contributed by atoms with Gasteiger partial charge in [0, 0.05) is 42.6 Å². The van der Waals surface area contributed by atoms with Crippen LogP contribution >= 0.6 is 11.3 Å². The maximum absolute atomic E-state index is 5.42. The van der Waals surface area contributed by atoms with E-state index in [1.165, 1.54) is 63.5 Å². The fourth-order valence-electron chi connectivity index (χ4n) is 7.09.